The highest BCUT2D eigenvalue weighted by molar-refractivity contribution is 7.92. The Kier molecular flexibility index (Phi) is 8.22. The zero-order valence-electron chi connectivity index (χ0n) is 18.9. The lowest BCUT2D eigenvalue weighted by Gasteiger charge is -2.23. The van der Waals surface area contributed by atoms with Gasteiger partial charge in [0.05, 0.1) is 25.0 Å². The first-order valence-electron chi connectivity index (χ1n) is 10.7. The molecule has 0 bridgehead atoms. The van der Waals surface area contributed by atoms with Crippen molar-refractivity contribution >= 4 is 21.6 Å². The minimum Gasteiger partial charge on any atom is -0.492 e. The van der Waals surface area contributed by atoms with Crippen molar-refractivity contribution in [3.63, 3.8) is 0 Å². The van der Waals surface area contributed by atoms with Crippen molar-refractivity contribution in [2.45, 2.75) is 19.9 Å². The van der Waals surface area contributed by atoms with Gasteiger partial charge in [0.25, 0.3) is 5.91 Å². The number of anilines is 1. The van der Waals surface area contributed by atoms with Crippen LogP contribution < -0.4 is 14.4 Å². The van der Waals surface area contributed by atoms with Crippen LogP contribution in [0.5, 0.6) is 5.75 Å². The number of aryl methyl sites for hydroxylation is 1. The third-order valence-corrected chi connectivity index (χ3v) is 6.24. The van der Waals surface area contributed by atoms with Crippen molar-refractivity contribution in [1.29, 1.82) is 0 Å². The number of carbonyl (C=O) groups excluding carboxylic acids is 1. The number of benzene rings is 3. The van der Waals surface area contributed by atoms with Crippen LogP contribution in [0.2, 0.25) is 0 Å². The fraction of sp³-hybridized carbons (Fsp3) is 0.240. The molecule has 3 aromatic carbocycles. The third-order valence-electron chi connectivity index (χ3n) is 5.11. The Morgan fingerprint density at radius 3 is 2.21 bits per heavy atom. The van der Waals surface area contributed by atoms with Crippen molar-refractivity contribution in [2.24, 2.45) is 0 Å². The van der Waals surface area contributed by atoms with Crippen molar-refractivity contribution in [1.82, 2.24) is 5.32 Å². The minimum absolute atomic E-state index is 0.173. The molecule has 0 saturated carbocycles. The molecule has 6 nitrogen and oxygen atoms in total. The maximum atomic E-state index is 14.2. The van der Waals surface area contributed by atoms with E-state index >= 15 is 0 Å². The normalized spacial score (nSPS) is 11.2. The molecule has 34 heavy (non-hydrogen) atoms. The number of hydrogen-bond acceptors (Lipinski definition) is 4. The molecule has 0 aliphatic rings. The van der Waals surface area contributed by atoms with E-state index in [1.165, 1.54) is 5.56 Å². The summed E-state index contributed by atoms with van der Waals surface area (Å²) >= 11 is 0. The lowest BCUT2D eigenvalue weighted by molar-refractivity contribution is 0.0947. The van der Waals surface area contributed by atoms with Crippen LogP contribution >= 0.6 is 0 Å². The highest BCUT2D eigenvalue weighted by Gasteiger charge is 2.21. The van der Waals surface area contributed by atoms with Crippen LogP contribution in [-0.4, -0.2) is 33.7 Å². The molecule has 0 aromatic heterocycles. The number of nitrogens with one attached hydrogen (secondary N) is 1. The molecule has 0 aliphatic carbocycles. The quantitative estimate of drug-likeness (QED) is 0.432. The van der Waals surface area contributed by atoms with Gasteiger partial charge < -0.3 is 10.1 Å². The van der Waals surface area contributed by atoms with Gasteiger partial charge in [-0.05, 0) is 53.9 Å². The van der Waals surface area contributed by atoms with E-state index in [9.17, 15) is 22.0 Å². The van der Waals surface area contributed by atoms with E-state index in [0.717, 1.165) is 34.9 Å². The monoisotopic (exact) mass is 488 g/mol. The summed E-state index contributed by atoms with van der Waals surface area (Å²) in [6.07, 6.45) is 1.89. The number of halogens is 2. The topological polar surface area (TPSA) is 75.7 Å². The molecule has 3 aromatic rings. The number of ether oxygens (including phenoxy) is 1. The second-order valence-electron chi connectivity index (χ2n) is 7.66. The van der Waals surface area contributed by atoms with Crippen molar-refractivity contribution in [3.8, 4) is 5.75 Å². The van der Waals surface area contributed by atoms with Crippen LogP contribution in [0, 0.1) is 11.6 Å². The predicted octanol–water partition coefficient (Wildman–Crippen LogP) is 4.30. The van der Waals surface area contributed by atoms with Gasteiger partial charge in [0.1, 0.15) is 24.0 Å². The molecule has 0 aliphatic heterocycles. The molecule has 3 rings (SSSR count). The Morgan fingerprint density at radius 1 is 0.971 bits per heavy atom. The van der Waals surface area contributed by atoms with Crippen molar-refractivity contribution < 1.29 is 26.7 Å². The summed E-state index contributed by atoms with van der Waals surface area (Å²) in [5.74, 6) is -1.36. The first-order chi connectivity index (χ1) is 16.2. The van der Waals surface area contributed by atoms with E-state index in [1.807, 2.05) is 24.3 Å². The van der Waals surface area contributed by atoms with E-state index in [-0.39, 0.29) is 18.1 Å². The molecule has 0 unspecified atom stereocenters. The Balaban J connectivity index is 1.57. The Bertz CT molecular complexity index is 1230. The number of amides is 1. The zero-order valence-corrected chi connectivity index (χ0v) is 19.7. The summed E-state index contributed by atoms with van der Waals surface area (Å²) in [5.41, 5.74) is 1.88. The zero-order chi connectivity index (χ0) is 24.7. The van der Waals surface area contributed by atoms with E-state index in [4.69, 9.17) is 4.74 Å². The van der Waals surface area contributed by atoms with Gasteiger partial charge in [-0.1, -0.05) is 31.2 Å². The van der Waals surface area contributed by atoms with Crippen LogP contribution in [0.1, 0.15) is 28.4 Å². The molecule has 0 fully saturated rings. The van der Waals surface area contributed by atoms with Gasteiger partial charge in [0, 0.05) is 11.6 Å². The summed E-state index contributed by atoms with van der Waals surface area (Å²) in [5, 5.41) is 2.76. The van der Waals surface area contributed by atoms with Gasteiger partial charge in [-0.3, -0.25) is 9.10 Å². The van der Waals surface area contributed by atoms with Gasteiger partial charge in [-0.15, -0.1) is 0 Å². The Hall–Kier alpha value is -3.46. The smallest absolute Gasteiger partial charge is 0.251 e. The van der Waals surface area contributed by atoms with Gasteiger partial charge in [0.15, 0.2) is 0 Å². The van der Waals surface area contributed by atoms with E-state index in [1.54, 1.807) is 24.3 Å². The Morgan fingerprint density at radius 2 is 1.62 bits per heavy atom. The maximum Gasteiger partial charge on any atom is 0.251 e. The predicted molar refractivity (Wildman–Crippen MR) is 127 cm³/mol. The lowest BCUT2D eigenvalue weighted by Crippen LogP contribution is -2.30. The molecule has 180 valence electrons. The fourth-order valence-corrected chi connectivity index (χ4v) is 4.14. The summed E-state index contributed by atoms with van der Waals surface area (Å²) in [4.78, 5) is 12.4. The molecule has 0 heterocycles. The number of rotatable bonds is 10. The molecule has 0 spiro atoms. The molecule has 9 heteroatoms. The highest BCUT2D eigenvalue weighted by atomic mass is 32.2. The van der Waals surface area contributed by atoms with Gasteiger partial charge in [0.2, 0.25) is 10.0 Å². The van der Waals surface area contributed by atoms with Crippen LogP contribution in [0.3, 0.4) is 0 Å². The average Bonchev–Trinajstić information content (AvgIpc) is 2.81. The lowest BCUT2D eigenvalue weighted by atomic mass is 10.1. The second-order valence-corrected chi connectivity index (χ2v) is 9.57. The number of sulfonamides is 1. The molecule has 0 saturated heterocycles. The summed E-state index contributed by atoms with van der Waals surface area (Å²) in [6.45, 7) is 2.52. The Labute approximate surface area is 198 Å². The summed E-state index contributed by atoms with van der Waals surface area (Å²) in [6, 6.07) is 16.7. The average molecular weight is 489 g/mol. The van der Waals surface area contributed by atoms with E-state index in [0.29, 0.717) is 30.3 Å². The molecule has 1 amide bonds. The molecule has 0 radical (unpaired) electrons. The maximum absolute atomic E-state index is 14.2. The molecular weight excluding hydrogens is 462 g/mol. The summed E-state index contributed by atoms with van der Waals surface area (Å²) < 4.78 is 58.3. The third kappa shape index (κ3) is 6.77. The number of nitrogens with zero attached hydrogens (tertiary/aromatic N) is 1. The standard InChI is InChI=1S/C25H26F2N2O4S/c1-3-18-6-11-22(12-7-18)33-15-14-28-25(30)20-8-4-19(5-9-20)17-29(34(2,31)32)24-13-10-21(26)16-23(24)27/h4-13,16H,3,14-15,17H2,1-2H3,(H,28,30). The second kappa shape index (κ2) is 11.1. The van der Waals surface area contributed by atoms with Crippen LogP contribution in [0.4, 0.5) is 14.5 Å². The van der Waals surface area contributed by atoms with Crippen LogP contribution in [0.15, 0.2) is 66.7 Å². The number of carbonyl (C=O) groups is 1. The SMILES string of the molecule is CCc1ccc(OCCNC(=O)c2ccc(CN(c3ccc(F)cc3F)S(C)(=O)=O)cc2)cc1. The van der Waals surface area contributed by atoms with Gasteiger partial charge in [-0.25, -0.2) is 17.2 Å². The highest BCUT2D eigenvalue weighted by Crippen LogP contribution is 2.25. The molecule has 0 atom stereocenters. The number of hydrogen-bond donors (Lipinski definition) is 1. The van der Waals surface area contributed by atoms with Crippen LogP contribution in [-0.2, 0) is 23.0 Å². The van der Waals surface area contributed by atoms with Crippen molar-refractivity contribution in [3.05, 3.63) is 95.1 Å². The van der Waals surface area contributed by atoms with E-state index in [2.05, 4.69) is 12.2 Å². The van der Waals surface area contributed by atoms with E-state index < -0.39 is 21.7 Å². The molecular formula is C25H26F2N2O4S. The fourth-order valence-electron chi connectivity index (χ4n) is 3.25. The molecule has 1 N–H and O–H groups in total. The van der Waals surface area contributed by atoms with Crippen molar-refractivity contribution in [2.75, 3.05) is 23.7 Å². The minimum atomic E-state index is -3.84. The van der Waals surface area contributed by atoms with Gasteiger partial charge in [-0.2, -0.15) is 0 Å². The summed E-state index contributed by atoms with van der Waals surface area (Å²) in [7, 11) is -3.84. The van der Waals surface area contributed by atoms with Crippen LogP contribution in [0.25, 0.3) is 0 Å². The van der Waals surface area contributed by atoms with Gasteiger partial charge >= 0.3 is 0 Å². The first-order valence-corrected chi connectivity index (χ1v) is 12.5. The first kappa shape index (κ1) is 25.2. The largest absolute Gasteiger partial charge is 0.492 e.